The van der Waals surface area contributed by atoms with E-state index in [1.165, 1.54) is 11.1 Å². The summed E-state index contributed by atoms with van der Waals surface area (Å²) in [6.45, 7) is 0. The molecule has 0 radical (unpaired) electrons. The fraction of sp³-hybridized carbons (Fsp3) is 0.154. The van der Waals surface area contributed by atoms with Crippen LogP contribution in [-0.4, -0.2) is 28.8 Å². The third kappa shape index (κ3) is 2.15. The first kappa shape index (κ1) is 12.0. The zero-order valence-corrected chi connectivity index (χ0v) is 10.2. The van der Waals surface area contributed by atoms with Crippen LogP contribution in [0, 0.1) is 0 Å². The van der Waals surface area contributed by atoms with Crippen molar-refractivity contribution in [1.82, 2.24) is 9.55 Å². The summed E-state index contributed by atoms with van der Waals surface area (Å²) in [7, 11) is 3.43. The molecular weight excluding hydrogens is 230 g/mol. The summed E-state index contributed by atoms with van der Waals surface area (Å²) in [5.41, 5.74) is 1.85. The molecule has 0 aliphatic carbocycles. The minimum Gasteiger partial charge on any atom is -0.331 e. The fourth-order valence-electron chi connectivity index (χ4n) is 1.63. The van der Waals surface area contributed by atoms with Crippen molar-refractivity contribution in [2.45, 2.75) is 0 Å². The van der Waals surface area contributed by atoms with Gasteiger partial charge in [-0.1, -0.05) is 0 Å². The van der Waals surface area contributed by atoms with E-state index >= 15 is 0 Å². The van der Waals surface area contributed by atoms with E-state index in [-0.39, 0.29) is 5.78 Å². The van der Waals surface area contributed by atoms with Gasteiger partial charge in [0.25, 0.3) is 0 Å². The predicted molar refractivity (Wildman–Crippen MR) is 67.5 cm³/mol. The SMILES string of the molecule is CN(C=O)c1ccc(C(=O)c2cncn2C)cc1. The Morgan fingerprint density at radius 2 is 2.00 bits per heavy atom. The summed E-state index contributed by atoms with van der Waals surface area (Å²) >= 11 is 0. The van der Waals surface area contributed by atoms with E-state index in [2.05, 4.69) is 4.98 Å². The summed E-state index contributed by atoms with van der Waals surface area (Å²) in [6.07, 6.45) is 3.84. The smallest absolute Gasteiger partial charge is 0.213 e. The van der Waals surface area contributed by atoms with Crippen molar-refractivity contribution in [3.05, 3.63) is 48.0 Å². The second-order valence-electron chi connectivity index (χ2n) is 3.98. The van der Waals surface area contributed by atoms with Crippen LogP contribution in [0.2, 0.25) is 0 Å². The molecule has 1 aromatic heterocycles. The van der Waals surface area contributed by atoms with Crippen LogP contribution in [0.3, 0.4) is 0 Å². The maximum absolute atomic E-state index is 12.1. The molecule has 18 heavy (non-hydrogen) atoms. The van der Waals surface area contributed by atoms with E-state index in [1.54, 1.807) is 49.3 Å². The van der Waals surface area contributed by atoms with E-state index in [0.717, 1.165) is 12.1 Å². The normalized spacial score (nSPS) is 10.1. The van der Waals surface area contributed by atoms with Gasteiger partial charge in [-0.25, -0.2) is 4.98 Å². The number of carbonyl (C=O) groups is 2. The number of rotatable bonds is 4. The molecule has 1 heterocycles. The maximum atomic E-state index is 12.1. The number of anilines is 1. The molecule has 0 N–H and O–H groups in total. The number of benzene rings is 1. The van der Waals surface area contributed by atoms with Gasteiger partial charge in [0.05, 0.1) is 12.5 Å². The topological polar surface area (TPSA) is 55.2 Å². The zero-order chi connectivity index (χ0) is 13.1. The van der Waals surface area contributed by atoms with Gasteiger partial charge in [0.2, 0.25) is 12.2 Å². The van der Waals surface area contributed by atoms with Gasteiger partial charge in [-0.3, -0.25) is 9.59 Å². The molecule has 0 saturated carbocycles. The number of ketones is 1. The number of hydrogen-bond acceptors (Lipinski definition) is 3. The quantitative estimate of drug-likeness (QED) is 0.599. The van der Waals surface area contributed by atoms with Crippen molar-refractivity contribution < 1.29 is 9.59 Å². The standard InChI is InChI=1S/C13H13N3O2/c1-15-8-14-7-12(15)13(18)10-3-5-11(6-4-10)16(2)9-17/h3-9H,1-2H3. The van der Waals surface area contributed by atoms with Crippen molar-refractivity contribution in [3.8, 4) is 0 Å². The molecule has 1 amide bonds. The lowest BCUT2D eigenvalue weighted by Crippen LogP contribution is -2.14. The van der Waals surface area contributed by atoms with Gasteiger partial charge in [-0.15, -0.1) is 0 Å². The van der Waals surface area contributed by atoms with Gasteiger partial charge >= 0.3 is 0 Å². The molecule has 0 saturated heterocycles. The largest absolute Gasteiger partial charge is 0.331 e. The Morgan fingerprint density at radius 1 is 1.33 bits per heavy atom. The van der Waals surface area contributed by atoms with Crippen LogP contribution >= 0.6 is 0 Å². The zero-order valence-electron chi connectivity index (χ0n) is 10.2. The highest BCUT2D eigenvalue weighted by atomic mass is 16.1. The number of aromatic nitrogens is 2. The fourth-order valence-corrected chi connectivity index (χ4v) is 1.63. The molecule has 0 atom stereocenters. The molecule has 0 spiro atoms. The lowest BCUT2D eigenvalue weighted by atomic mass is 10.1. The summed E-state index contributed by atoms with van der Waals surface area (Å²) in [4.78, 5) is 28.1. The molecular formula is C13H13N3O2. The molecule has 0 fully saturated rings. The van der Waals surface area contributed by atoms with E-state index in [0.29, 0.717) is 11.3 Å². The number of aryl methyl sites for hydroxylation is 1. The molecule has 92 valence electrons. The Bertz CT molecular complexity index is 572. The number of imidazole rings is 1. The molecule has 0 aliphatic rings. The average Bonchev–Trinajstić information content (AvgIpc) is 2.83. The summed E-state index contributed by atoms with van der Waals surface area (Å²) in [5.74, 6) is -0.0877. The maximum Gasteiger partial charge on any atom is 0.213 e. The number of carbonyl (C=O) groups excluding carboxylic acids is 2. The molecule has 2 aromatic rings. The number of hydrogen-bond donors (Lipinski definition) is 0. The molecule has 0 aliphatic heterocycles. The monoisotopic (exact) mass is 243 g/mol. The van der Waals surface area contributed by atoms with Gasteiger partial charge in [0.1, 0.15) is 5.69 Å². The van der Waals surface area contributed by atoms with Gasteiger partial charge in [0, 0.05) is 25.3 Å². The highest BCUT2D eigenvalue weighted by Crippen LogP contribution is 2.15. The molecule has 2 rings (SSSR count). The van der Waals surface area contributed by atoms with Crippen molar-refractivity contribution in [3.63, 3.8) is 0 Å². The first-order chi connectivity index (χ1) is 8.63. The molecule has 5 nitrogen and oxygen atoms in total. The van der Waals surface area contributed by atoms with Crippen molar-refractivity contribution in [2.75, 3.05) is 11.9 Å². The summed E-state index contributed by atoms with van der Waals surface area (Å²) in [6, 6.07) is 6.87. The van der Waals surface area contributed by atoms with Crippen LogP contribution < -0.4 is 4.90 Å². The van der Waals surface area contributed by atoms with Gasteiger partial charge < -0.3 is 9.47 Å². The van der Waals surface area contributed by atoms with Crippen LogP contribution in [-0.2, 0) is 11.8 Å². The average molecular weight is 243 g/mol. The first-order valence-electron chi connectivity index (χ1n) is 5.42. The van der Waals surface area contributed by atoms with E-state index < -0.39 is 0 Å². The third-order valence-corrected chi connectivity index (χ3v) is 2.74. The predicted octanol–water partition coefficient (Wildman–Crippen LogP) is 1.24. The molecule has 1 aromatic carbocycles. The van der Waals surface area contributed by atoms with Gasteiger partial charge in [0.15, 0.2) is 0 Å². The number of amides is 1. The molecule has 0 unspecified atom stereocenters. The second-order valence-corrected chi connectivity index (χ2v) is 3.98. The summed E-state index contributed by atoms with van der Waals surface area (Å²) in [5, 5.41) is 0. The van der Waals surface area contributed by atoms with Crippen molar-refractivity contribution in [2.24, 2.45) is 7.05 Å². The Morgan fingerprint density at radius 3 is 2.50 bits per heavy atom. The Labute approximate surface area is 105 Å². The van der Waals surface area contributed by atoms with Gasteiger partial charge in [-0.2, -0.15) is 0 Å². The first-order valence-corrected chi connectivity index (χ1v) is 5.42. The molecule has 5 heteroatoms. The Balaban J connectivity index is 2.28. The van der Waals surface area contributed by atoms with E-state index in [4.69, 9.17) is 0 Å². The van der Waals surface area contributed by atoms with Crippen molar-refractivity contribution in [1.29, 1.82) is 0 Å². The Hall–Kier alpha value is -2.43. The minimum absolute atomic E-state index is 0.0877. The van der Waals surface area contributed by atoms with E-state index in [9.17, 15) is 9.59 Å². The number of nitrogens with zero attached hydrogens (tertiary/aromatic N) is 3. The molecule has 0 bridgehead atoms. The van der Waals surface area contributed by atoms with Crippen molar-refractivity contribution >= 4 is 17.9 Å². The van der Waals surface area contributed by atoms with Gasteiger partial charge in [-0.05, 0) is 24.3 Å². The summed E-state index contributed by atoms with van der Waals surface area (Å²) < 4.78 is 1.67. The lowest BCUT2D eigenvalue weighted by Gasteiger charge is -2.10. The van der Waals surface area contributed by atoms with E-state index in [1.807, 2.05) is 0 Å². The highest BCUT2D eigenvalue weighted by molar-refractivity contribution is 6.08. The van der Waals surface area contributed by atoms with Crippen LogP contribution in [0.25, 0.3) is 0 Å². The minimum atomic E-state index is -0.0877. The third-order valence-electron chi connectivity index (χ3n) is 2.74. The van der Waals surface area contributed by atoms with Crippen LogP contribution in [0.15, 0.2) is 36.8 Å². The van der Waals surface area contributed by atoms with Crippen LogP contribution in [0.5, 0.6) is 0 Å². The lowest BCUT2D eigenvalue weighted by molar-refractivity contribution is -0.107. The highest BCUT2D eigenvalue weighted by Gasteiger charge is 2.12. The second kappa shape index (κ2) is 4.83. The van der Waals surface area contributed by atoms with Crippen LogP contribution in [0.1, 0.15) is 16.1 Å². The Kier molecular flexibility index (Phi) is 3.23. The van der Waals surface area contributed by atoms with Crippen LogP contribution in [0.4, 0.5) is 5.69 Å².